The molecule has 1 saturated heterocycles. The molecule has 0 saturated carbocycles. The summed E-state index contributed by atoms with van der Waals surface area (Å²) in [6.07, 6.45) is 0. The fourth-order valence-corrected chi connectivity index (χ4v) is 13.4. The van der Waals surface area contributed by atoms with Gasteiger partial charge in [0.25, 0.3) is 0 Å². The zero-order valence-corrected chi connectivity index (χ0v) is 51.6. The second-order valence-electron chi connectivity index (χ2n) is 24.1. The van der Waals surface area contributed by atoms with E-state index >= 15 is 0 Å². The average molecular weight is 1220 g/mol. The number of nitrogens with zero attached hydrogens (tertiary/aromatic N) is 4. The number of rotatable bonds is 4. The summed E-state index contributed by atoms with van der Waals surface area (Å²) in [6, 6.07) is 93.1. The summed E-state index contributed by atoms with van der Waals surface area (Å²) in [5, 5.41) is 21.7. The third-order valence-electron chi connectivity index (χ3n) is 18.2. The van der Waals surface area contributed by atoms with Crippen molar-refractivity contribution in [1.29, 1.82) is 0 Å². The van der Waals surface area contributed by atoms with Gasteiger partial charge < -0.3 is 9.31 Å². The fraction of sp³-hybridized carbons (Fsp3) is 0.0732. The number of hydrogen-bond acceptors (Lipinski definition) is 4. The standard InChI is InChI=1S/C38H22N2.C33H28BNO2.C11H6BrN/c1-39-29-21-20-27-22-26(18-19-28(27)23-29)24-14-16-25(17-15-24)38-37-33-11-5-3-9-31(33)30-8-2-4-10-32(30)36(37)34-12-6-7-13-35(34)40-38;1-32(2)33(3,4)37-34(36-32)22-19-17-21(18-20-22)31-30-26-14-8-6-12-24(26)23-11-5-7-13-25(23)29(30)27-15-9-10-16-28(27)35-31;1-13-11-5-3-8-6-10(12)4-2-9(8)7-11/h2-23H;5-20H,1-4H3;2-7H. The molecular formula is C82H56BBrN4O2. The van der Waals surface area contributed by atoms with Gasteiger partial charge in [0, 0.05) is 47.9 Å². The molecule has 1 fully saturated rings. The minimum Gasteiger partial charge on any atom is -0.399 e. The SMILES string of the molecule is CC1(C)OB(c2ccc(-c3nc4ccccc4c4c5ccccc5c5ccccc5c34)cc2)OC1(C)C.[C-]#[N+]c1ccc2cc(-c3ccc(-c4nc5ccccc5c5c6ccccc6c6ccccc6c45)cc3)ccc2c1.[C-]#[N+]c1ccc2cc(Br)ccc2c1. The Balaban J connectivity index is 0.000000126. The molecule has 3 heterocycles. The molecule has 2 aromatic heterocycles. The van der Waals surface area contributed by atoms with Crippen molar-refractivity contribution in [1.82, 2.24) is 9.97 Å². The number of benzene rings is 14. The van der Waals surface area contributed by atoms with Gasteiger partial charge in [0.15, 0.2) is 11.4 Å². The zero-order chi connectivity index (χ0) is 61.3. The molecule has 0 amide bonds. The molecule has 0 radical (unpaired) electrons. The highest BCUT2D eigenvalue weighted by atomic mass is 79.9. The van der Waals surface area contributed by atoms with Gasteiger partial charge >= 0.3 is 7.12 Å². The van der Waals surface area contributed by atoms with E-state index in [0.717, 1.165) is 76.2 Å². The Hall–Kier alpha value is -10.6. The Morgan fingerprint density at radius 2 is 0.667 bits per heavy atom. The smallest absolute Gasteiger partial charge is 0.399 e. The van der Waals surface area contributed by atoms with Gasteiger partial charge in [-0.2, -0.15) is 0 Å². The zero-order valence-electron chi connectivity index (χ0n) is 50.0. The summed E-state index contributed by atoms with van der Waals surface area (Å²) in [4.78, 5) is 17.4. The lowest BCUT2D eigenvalue weighted by molar-refractivity contribution is 0.00578. The number of halogens is 1. The molecule has 0 spiro atoms. The van der Waals surface area contributed by atoms with Gasteiger partial charge in [-0.1, -0.05) is 240 Å². The van der Waals surface area contributed by atoms with E-state index in [1.807, 2.05) is 54.6 Å². The summed E-state index contributed by atoms with van der Waals surface area (Å²) in [7, 11) is -0.384. The first-order valence-electron chi connectivity index (χ1n) is 30.2. The van der Waals surface area contributed by atoms with Crippen LogP contribution in [0.15, 0.2) is 271 Å². The van der Waals surface area contributed by atoms with Crippen molar-refractivity contribution in [2.24, 2.45) is 0 Å². The van der Waals surface area contributed by atoms with Crippen LogP contribution in [0, 0.1) is 13.1 Å². The van der Waals surface area contributed by atoms with Crippen molar-refractivity contribution in [3.8, 4) is 33.6 Å². The first kappa shape index (κ1) is 56.0. The van der Waals surface area contributed by atoms with Gasteiger partial charge in [0.1, 0.15) is 0 Å². The Morgan fingerprint density at radius 1 is 0.333 bits per heavy atom. The summed E-state index contributed by atoms with van der Waals surface area (Å²) in [5.74, 6) is 0. The topological polar surface area (TPSA) is 53.0 Å². The van der Waals surface area contributed by atoms with E-state index in [1.165, 1.54) is 75.4 Å². The van der Waals surface area contributed by atoms with Crippen LogP contribution < -0.4 is 5.46 Å². The van der Waals surface area contributed by atoms with E-state index in [-0.39, 0.29) is 18.3 Å². The number of hydrogen-bond donors (Lipinski definition) is 0. The first-order chi connectivity index (χ1) is 43.9. The number of fused-ring (bicyclic) bond motifs is 18. The third-order valence-corrected chi connectivity index (χ3v) is 18.7. The minimum absolute atomic E-state index is 0.369. The van der Waals surface area contributed by atoms with E-state index in [9.17, 15) is 0 Å². The van der Waals surface area contributed by atoms with E-state index in [1.54, 1.807) is 0 Å². The normalized spacial score (nSPS) is 13.4. The fourth-order valence-electron chi connectivity index (χ4n) is 13.0. The summed E-state index contributed by atoms with van der Waals surface area (Å²) in [5.41, 5.74) is 10.1. The first-order valence-corrected chi connectivity index (χ1v) is 31.0. The molecule has 1 aliphatic rings. The van der Waals surface area contributed by atoms with Crippen LogP contribution in [0.25, 0.3) is 151 Å². The molecule has 426 valence electrons. The van der Waals surface area contributed by atoms with Gasteiger partial charge in [0.05, 0.1) is 46.8 Å². The quantitative estimate of drug-likeness (QED) is 0.100. The van der Waals surface area contributed by atoms with E-state index in [4.69, 9.17) is 32.4 Å². The lowest BCUT2D eigenvalue weighted by Crippen LogP contribution is -2.41. The molecule has 0 bridgehead atoms. The Bertz CT molecular complexity index is 5660. The van der Waals surface area contributed by atoms with Gasteiger partial charge in [-0.15, -0.1) is 0 Å². The summed E-state index contributed by atoms with van der Waals surface area (Å²) < 4.78 is 13.6. The Labute approximate surface area is 530 Å². The lowest BCUT2D eigenvalue weighted by Gasteiger charge is -2.32. The predicted octanol–water partition coefficient (Wildman–Crippen LogP) is 22.5. The van der Waals surface area contributed by atoms with Crippen LogP contribution in [0.3, 0.4) is 0 Å². The van der Waals surface area contributed by atoms with Crippen molar-refractivity contribution in [3.63, 3.8) is 0 Å². The van der Waals surface area contributed by atoms with Crippen molar-refractivity contribution < 1.29 is 9.31 Å². The monoisotopic (exact) mass is 1220 g/mol. The molecule has 16 aromatic rings. The van der Waals surface area contributed by atoms with Crippen LogP contribution in [0.2, 0.25) is 0 Å². The second kappa shape index (κ2) is 22.5. The molecule has 1 aliphatic heterocycles. The van der Waals surface area contributed by atoms with Gasteiger partial charge in [-0.05, 0) is 151 Å². The maximum atomic E-state index is 7.29. The van der Waals surface area contributed by atoms with E-state index in [0.29, 0.717) is 11.4 Å². The van der Waals surface area contributed by atoms with Crippen LogP contribution in [0.4, 0.5) is 11.4 Å². The highest BCUT2D eigenvalue weighted by Crippen LogP contribution is 2.45. The van der Waals surface area contributed by atoms with Crippen molar-refractivity contribution in [3.05, 3.63) is 294 Å². The highest BCUT2D eigenvalue weighted by molar-refractivity contribution is 9.10. The van der Waals surface area contributed by atoms with Crippen molar-refractivity contribution in [2.75, 3.05) is 0 Å². The average Bonchev–Trinajstić information content (AvgIpc) is 0.898. The van der Waals surface area contributed by atoms with Crippen molar-refractivity contribution in [2.45, 2.75) is 38.9 Å². The number of aromatic nitrogens is 2. The number of pyridine rings is 2. The molecule has 0 aliphatic carbocycles. The Kier molecular flexibility index (Phi) is 14.0. The van der Waals surface area contributed by atoms with Crippen LogP contribution in [0.1, 0.15) is 27.7 Å². The van der Waals surface area contributed by atoms with Crippen LogP contribution in [0.5, 0.6) is 0 Å². The van der Waals surface area contributed by atoms with Crippen LogP contribution in [-0.2, 0) is 9.31 Å². The molecule has 90 heavy (non-hydrogen) atoms. The highest BCUT2D eigenvalue weighted by Gasteiger charge is 2.51. The van der Waals surface area contributed by atoms with Gasteiger partial charge in [-0.3, -0.25) is 0 Å². The molecule has 6 nitrogen and oxygen atoms in total. The summed E-state index contributed by atoms with van der Waals surface area (Å²) in [6.45, 7) is 22.5. The van der Waals surface area contributed by atoms with E-state index < -0.39 is 0 Å². The van der Waals surface area contributed by atoms with E-state index in [2.05, 4.69) is 266 Å². The van der Waals surface area contributed by atoms with Gasteiger partial charge in [0.2, 0.25) is 0 Å². The largest absolute Gasteiger partial charge is 0.494 e. The van der Waals surface area contributed by atoms with Crippen LogP contribution >= 0.6 is 15.9 Å². The lowest BCUT2D eigenvalue weighted by atomic mass is 9.78. The molecule has 0 unspecified atom stereocenters. The summed E-state index contributed by atoms with van der Waals surface area (Å²) >= 11 is 3.41. The third kappa shape index (κ3) is 9.84. The maximum absolute atomic E-state index is 7.29. The van der Waals surface area contributed by atoms with Crippen LogP contribution in [-0.4, -0.2) is 28.3 Å². The Morgan fingerprint density at radius 3 is 1.11 bits per heavy atom. The molecule has 0 N–H and O–H groups in total. The molecule has 17 rings (SSSR count). The predicted molar refractivity (Wildman–Crippen MR) is 382 cm³/mol. The minimum atomic E-state index is -0.384. The maximum Gasteiger partial charge on any atom is 0.494 e. The number of para-hydroxylation sites is 2. The van der Waals surface area contributed by atoms with Crippen molar-refractivity contribution >= 4 is 148 Å². The molecular weight excluding hydrogens is 1160 g/mol. The molecule has 8 heteroatoms. The molecule has 0 atom stereocenters. The molecule has 14 aromatic carbocycles. The second-order valence-corrected chi connectivity index (χ2v) is 25.0. The van der Waals surface area contributed by atoms with Gasteiger partial charge in [-0.25, -0.2) is 19.7 Å².